The molecule has 2 rings (SSSR count). The van der Waals surface area contributed by atoms with Gasteiger partial charge in [-0.2, -0.15) is 0 Å². The van der Waals surface area contributed by atoms with Crippen molar-refractivity contribution in [1.82, 2.24) is 9.80 Å². The number of halogens is 2. The molecule has 0 radical (unpaired) electrons. The quantitative estimate of drug-likeness (QED) is 0.872. The Morgan fingerprint density at radius 1 is 1.45 bits per heavy atom. The highest BCUT2D eigenvalue weighted by Crippen LogP contribution is 2.31. The van der Waals surface area contributed by atoms with Crippen LogP contribution in [0.25, 0.3) is 0 Å². The maximum Gasteiger partial charge on any atom is 0.254 e. The largest absolute Gasteiger partial charge is 0.397 e. The molecule has 0 spiro atoms. The average Bonchev–Trinajstić information content (AvgIpc) is 2.81. The number of nitrogens with zero attached hydrogens (tertiary/aromatic N) is 2. The summed E-state index contributed by atoms with van der Waals surface area (Å²) >= 11 is 11.9. The maximum absolute atomic E-state index is 12.6. The summed E-state index contributed by atoms with van der Waals surface area (Å²) in [4.78, 5) is 16.6. The summed E-state index contributed by atoms with van der Waals surface area (Å²) in [5.74, 6) is -0.0281. The lowest BCUT2D eigenvalue weighted by Crippen LogP contribution is -2.41. The highest BCUT2D eigenvalue weighted by Gasteiger charge is 2.30. The van der Waals surface area contributed by atoms with Crippen molar-refractivity contribution in [3.05, 3.63) is 27.7 Å². The summed E-state index contributed by atoms with van der Waals surface area (Å²) in [6, 6.07) is 3.43. The Balaban J connectivity index is 2.22. The van der Waals surface area contributed by atoms with Crippen LogP contribution in [0, 0.1) is 0 Å². The molecule has 0 aliphatic carbocycles. The van der Waals surface area contributed by atoms with Gasteiger partial charge in [-0.15, -0.1) is 0 Å². The van der Waals surface area contributed by atoms with Crippen LogP contribution in [-0.4, -0.2) is 48.9 Å². The van der Waals surface area contributed by atoms with Crippen LogP contribution in [0.5, 0.6) is 0 Å². The third-order valence-corrected chi connectivity index (χ3v) is 4.33. The summed E-state index contributed by atoms with van der Waals surface area (Å²) in [6.45, 7) is 1.64. The van der Waals surface area contributed by atoms with Gasteiger partial charge < -0.3 is 15.5 Å². The van der Waals surface area contributed by atoms with Gasteiger partial charge in [-0.05, 0) is 39.1 Å². The predicted molar refractivity (Wildman–Crippen MR) is 83.5 cm³/mol. The molecule has 4 nitrogen and oxygen atoms in total. The second kappa shape index (κ2) is 6.20. The first-order chi connectivity index (χ1) is 9.40. The molecule has 1 amide bonds. The number of nitrogen functional groups attached to an aromatic ring is 1. The van der Waals surface area contributed by atoms with Gasteiger partial charge in [-0.3, -0.25) is 4.79 Å². The van der Waals surface area contributed by atoms with E-state index < -0.39 is 0 Å². The van der Waals surface area contributed by atoms with Gasteiger partial charge in [0.2, 0.25) is 0 Å². The van der Waals surface area contributed by atoms with Crippen molar-refractivity contribution in [3.63, 3.8) is 0 Å². The molecule has 1 aliphatic heterocycles. The zero-order chi connectivity index (χ0) is 14.9. The normalized spacial score (nSPS) is 18.9. The fraction of sp³-hybridized carbons (Fsp3) is 0.500. The summed E-state index contributed by atoms with van der Waals surface area (Å²) in [5, 5.41) is 0.618. The smallest absolute Gasteiger partial charge is 0.254 e. The van der Waals surface area contributed by atoms with Gasteiger partial charge in [0.15, 0.2) is 0 Å². The van der Waals surface area contributed by atoms with Crippen molar-refractivity contribution in [2.75, 3.05) is 32.9 Å². The summed E-state index contributed by atoms with van der Waals surface area (Å²) in [5.41, 5.74) is 6.62. The second-order valence-electron chi connectivity index (χ2n) is 5.42. The van der Waals surface area contributed by atoms with Gasteiger partial charge >= 0.3 is 0 Å². The van der Waals surface area contributed by atoms with E-state index in [1.165, 1.54) is 0 Å². The Hall–Kier alpha value is -0.970. The third-order valence-electron chi connectivity index (χ3n) is 3.52. The minimum Gasteiger partial charge on any atom is -0.397 e. The van der Waals surface area contributed by atoms with Crippen LogP contribution < -0.4 is 5.73 Å². The van der Waals surface area contributed by atoms with E-state index in [2.05, 4.69) is 4.90 Å². The molecule has 1 aromatic rings. The summed E-state index contributed by atoms with van der Waals surface area (Å²) in [7, 11) is 4.02. The molecule has 2 N–H and O–H groups in total. The van der Waals surface area contributed by atoms with Crippen LogP contribution in [0.4, 0.5) is 5.69 Å². The van der Waals surface area contributed by atoms with Crippen LogP contribution in [0.2, 0.25) is 10.0 Å². The molecule has 20 heavy (non-hydrogen) atoms. The fourth-order valence-electron chi connectivity index (χ4n) is 2.61. The molecule has 0 bridgehead atoms. The first-order valence-electron chi connectivity index (χ1n) is 6.60. The van der Waals surface area contributed by atoms with Crippen LogP contribution in [0.1, 0.15) is 23.2 Å². The van der Waals surface area contributed by atoms with Crippen molar-refractivity contribution in [3.8, 4) is 0 Å². The molecule has 1 atom stereocenters. The van der Waals surface area contributed by atoms with Gasteiger partial charge in [-0.25, -0.2) is 0 Å². The van der Waals surface area contributed by atoms with Crippen LogP contribution in [0.15, 0.2) is 12.1 Å². The minimum absolute atomic E-state index is 0.0281. The molecular weight excluding hydrogens is 297 g/mol. The monoisotopic (exact) mass is 315 g/mol. The lowest BCUT2D eigenvalue weighted by molar-refractivity contribution is 0.0716. The molecule has 0 saturated carbocycles. The topological polar surface area (TPSA) is 49.6 Å². The molecule has 1 aromatic carbocycles. The Labute approximate surface area is 129 Å². The SMILES string of the molecule is CN(C)CC1CCCN1C(=O)c1cc(N)c(Cl)c(Cl)c1. The number of benzene rings is 1. The maximum atomic E-state index is 12.6. The molecule has 1 fully saturated rings. The lowest BCUT2D eigenvalue weighted by atomic mass is 10.1. The molecule has 110 valence electrons. The summed E-state index contributed by atoms with van der Waals surface area (Å²) in [6.07, 6.45) is 2.06. The van der Waals surface area contributed by atoms with Crippen LogP contribution in [0.3, 0.4) is 0 Å². The molecular formula is C14H19Cl2N3O. The van der Waals surface area contributed by atoms with E-state index in [9.17, 15) is 4.79 Å². The number of carbonyl (C=O) groups is 1. The zero-order valence-corrected chi connectivity index (χ0v) is 13.2. The van der Waals surface area contributed by atoms with Crippen LogP contribution in [-0.2, 0) is 0 Å². The number of likely N-dealkylation sites (tertiary alicyclic amines) is 1. The van der Waals surface area contributed by atoms with Crippen molar-refractivity contribution in [1.29, 1.82) is 0 Å². The Morgan fingerprint density at radius 2 is 2.15 bits per heavy atom. The van der Waals surface area contributed by atoms with E-state index in [1.54, 1.807) is 12.1 Å². The zero-order valence-electron chi connectivity index (χ0n) is 11.7. The number of likely N-dealkylation sites (N-methyl/N-ethyl adjacent to an activating group) is 1. The second-order valence-corrected chi connectivity index (χ2v) is 6.20. The van der Waals surface area contributed by atoms with E-state index in [-0.39, 0.29) is 11.9 Å². The van der Waals surface area contributed by atoms with Crippen molar-refractivity contribution in [2.24, 2.45) is 0 Å². The number of hydrogen-bond donors (Lipinski definition) is 1. The Morgan fingerprint density at radius 3 is 2.75 bits per heavy atom. The Kier molecular flexibility index (Phi) is 4.78. The molecule has 1 saturated heterocycles. The van der Waals surface area contributed by atoms with E-state index in [4.69, 9.17) is 28.9 Å². The fourth-order valence-corrected chi connectivity index (χ4v) is 2.95. The van der Waals surface area contributed by atoms with Gasteiger partial charge in [0.25, 0.3) is 5.91 Å². The highest BCUT2D eigenvalue weighted by molar-refractivity contribution is 6.43. The van der Waals surface area contributed by atoms with Crippen LogP contribution >= 0.6 is 23.2 Å². The van der Waals surface area contributed by atoms with E-state index in [0.29, 0.717) is 21.3 Å². The standard InChI is InChI=1S/C14H19Cl2N3O/c1-18(2)8-10-4-3-5-19(10)14(20)9-6-11(15)13(16)12(17)7-9/h6-7,10H,3-5,8,17H2,1-2H3. The van der Waals surface area contributed by atoms with Gasteiger partial charge in [-0.1, -0.05) is 23.2 Å². The van der Waals surface area contributed by atoms with Gasteiger partial charge in [0.05, 0.1) is 15.7 Å². The van der Waals surface area contributed by atoms with Crippen molar-refractivity contribution >= 4 is 34.8 Å². The number of carbonyl (C=O) groups excluding carboxylic acids is 1. The number of anilines is 1. The number of amides is 1. The number of hydrogen-bond acceptors (Lipinski definition) is 3. The van der Waals surface area contributed by atoms with E-state index in [1.807, 2.05) is 19.0 Å². The third kappa shape index (κ3) is 3.19. The van der Waals surface area contributed by atoms with Crippen molar-refractivity contribution in [2.45, 2.75) is 18.9 Å². The molecule has 1 heterocycles. The first kappa shape index (κ1) is 15.4. The molecule has 1 unspecified atom stereocenters. The average molecular weight is 316 g/mol. The summed E-state index contributed by atoms with van der Waals surface area (Å²) < 4.78 is 0. The molecule has 1 aliphatic rings. The number of rotatable bonds is 3. The molecule has 0 aromatic heterocycles. The van der Waals surface area contributed by atoms with Gasteiger partial charge in [0, 0.05) is 24.7 Å². The van der Waals surface area contributed by atoms with E-state index in [0.717, 1.165) is 25.9 Å². The molecule has 6 heteroatoms. The lowest BCUT2D eigenvalue weighted by Gasteiger charge is -2.27. The first-order valence-corrected chi connectivity index (χ1v) is 7.36. The predicted octanol–water partition coefficient (Wildman–Crippen LogP) is 2.74. The van der Waals surface area contributed by atoms with Gasteiger partial charge in [0.1, 0.15) is 0 Å². The number of nitrogens with two attached hydrogens (primary N) is 1. The van der Waals surface area contributed by atoms with Crippen molar-refractivity contribution < 1.29 is 4.79 Å². The highest BCUT2D eigenvalue weighted by atomic mass is 35.5. The van der Waals surface area contributed by atoms with E-state index >= 15 is 0 Å². The minimum atomic E-state index is -0.0281. The Bertz CT molecular complexity index is 496.